The quantitative estimate of drug-likeness (QED) is 0.745. The smallest absolute Gasteiger partial charge is 0.255 e. The first-order chi connectivity index (χ1) is 11.1. The second-order valence-corrected chi connectivity index (χ2v) is 5.46. The van der Waals surface area contributed by atoms with E-state index in [-0.39, 0.29) is 5.91 Å². The molecule has 0 N–H and O–H groups in total. The molecule has 5 heteroatoms. The van der Waals surface area contributed by atoms with Gasteiger partial charge < -0.3 is 4.90 Å². The average molecular weight is 306 g/mol. The van der Waals surface area contributed by atoms with Gasteiger partial charge in [-0.05, 0) is 30.2 Å². The number of aryl methyl sites for hydroxylation is 1. The lowest BCUT2D eigenvalue weighted by Crippen LogP contribution is -2.26. The summed E-state index contributed by atoms with van der Waals surface area (Å²) in [5, 5.41) is 0. The predicted molar refractivity (Wildman–Crippen MR) is 88.3 cm³/mol. The van der Waals surface area contributed by atoms with E-state index in [0.717, 1.165) is 11.4 Å². The molecule has 2 aromatic heterocycles. The maximum atomic E-state index is 12.5. The van der Waals surface area contributed by atoms with Crippen LogP contribution in [0.15, 0.2) is 61.3 Å². The van der Waals surface area contributed by atoms with Crippen molar-refractivity contribution in [1.82, 2.24) is 19.4 Å². The molecule has 0 fully saturated rings. The van der Waals surface area contributed by atoms with Gasteiger partial charge in [0.2, 0.25) is 0 Å². The molecule has 0 aliphatic rings. The van der Waals surface area contributed by atoms with E-state index in [1.54, 1.807) is 41.3 Å². The van der Waals surface area contributed by atoms with Crippen molar-refractivity contribution in [2.24, 2.45) is 0 Å². The largest absolute Gasteiger partial charge is 0.337 e. The third kappa shape index (κ3) is 3.29. The fourth-order valence-electron chi connectivity index (χ4n) is 2.40. The number of amides is 1. The van der Waals surface area contributed by atoms with Crippen molar-refractivity contribution in [1.29, 1.82) is 0 Å². The maximum absolute atomic E-state index is 12.5. The minimum absolute atomic E-state index is 0.0436. The van der Waals surface area contributed by atoms with Gasteiger partial charge in [-0.25, -0.2) is 9.97 Å². The Morgan fingerprint density at radius 1 is 1.22 bits per heavy atom. The average Bonchev–Trinajstić information content (AvgIpc) is 3.11. The summed E-state index contributed by atoms with van der Waals surface area (Å²) in [6.07, 6.45) is 6.78. The molecule has 0 atom stereocenters. The SMILES string of the molecule is Cc1ccccc1CN(C)C(=O)c1ccc(-n2ccnc2)nc1. The zero-order chi connectivity index (χ0) is 16.2. The first-order valence-electron chi connectivity index (χ1n) is 7.39. The van der Waals surface area contributed by atoms with Crippen LogP contribution in [0.3, 0.4) is 0 Å². The van der Waals surface area contributed by atoms with Crippen LogP contribution in [0.4, 0.5) is 0 Å². The van der Waals surface area contributed by atoms with Crippen LogP contribution in [0.5, 0.6) is 0 Å². The predicted octanol–water partition coefficient (Wildman–Crippen LogP) is 2.85. The van der Waals surface area contributed by atoms with Crippen molar-refractivity contribution in [3.63, 3.8) is 0 Å². The minimum Gasteiger partial charge on any atom is -0.337 e. The van der Waals surface area contributed by atoms with E-state index >= 15 is 0 Å². The Kier molecular flexibility index (Phi) is 4.19. The van der Waals surface area contributed by atoms with Crippen LogP contribution in [0.25, 0.3) is 5.82 Å². The number of rotatable bonds is 4. The van der Waals surface area contributed by atoms with E-state index in [0.29, 0.717) is 12.1 Å². The lowest BCUT2D eigenvalue weighted by Gasteiger charge is -2.18. The van der Waals surface area contributed by atoms with Crippen LogP contribution in [-0.2, 0) is 6.54 Å². The van der Waals surface area contributed by atoms with Gasteiger partial charge in [0.15, 0.2) is 0 Å². The summed E-state index contributed by atoms with van der Waals surface area (Å²) in [5.41, 5.74) is 2.90. The van der Waals surface area contributed by atoms with Crippen molar-refractivity contribution in [2.75, 3.05) is 7.05 Å². The Morgan fingerprint density at radius 2 is 2.04 bits per heavy atom. The Morgan fingerprint density at radius 3 is 2.70 bits per heavy atom. The Labute approximate surface area is 135 Å². The standard InChI is InChI=1S/C18H18N4O/c1-14-5-3-4-6-16(14)12-21(2)18(23)15-7-8-17(20-11-15)22-10-9-19-13-22/h3-11,13H,12H2,1-2H3. The van der Waals surface area contributed by atoms with Gasteiger partial charge in [-0.2, -0.15) is 0 Å². The summed E-state index contributed by atoms with van der Waals surface area (Å²) in [5.74, 6) is 0.693. The molecule has 23 heavy (non-hydrogen) atoms. The molecule has 0 saturated heterocycles. The molecule has 3 rings (SSSR count). The van der Waals surface area contributed by atoms with Crippen LogP contribution in [0.2, 0.25) is 0 Å². The third-order valence-electron chi connectivity index (χ3n) is 3.78. The van der Waals surface area contributed by atoms with E-state index in [9.17, 15) is 4.79 Å². The zero-order valence-corrected chi connectivity index (χ0v) is 13.2. The number of pyridine rings is 1. The van der Waals surface area contributed by atoms with Gasteiger partial charge >= 0.3 is 0 Å². The van der Waals surface area contributed by atoms with Crippen LogP contribution in [0.1, 0.15) is 21.5 Å². The fourth-order valence-corrected chi connectivity index (χ4v) is 2.40. The number of aromatic nitrogens is 3. The highest BCUT2D eigenvalue weighted by atomic mass is 16.2. The van der Waals surface area contributed by atoms with Gasteiger partial charge in [-0.3, -0.25) is 9.36 Å². The highest BCUT2D eigenvalue weighted by Crippen LogP contribution is 2.12. The topological polar surface area (TPSA) is 51.0 Å². The van der Waals surface area contributed by atoms with Gasteiger partial charge in [-0.15, -0.1) is 0 Å². The van der Waals surface area contributed by atoms with Crippen molar-refractivity contribution >= 4 is 5.91 Å². The van der Waals surface area contributed by atoms with Crippen LogP contribution in [-0.4, -0.2) is 32.4 Å². The number of carbonyl (C=O) groups is 1. The third-order valence-corrected chi connectivity index (χ3v) is 3.78. The molecular formula is C18H18N4O. The molecule has 1 amide bonds. The van der Waals surface area contributed by atoms with E-state index in [1.165, 1.54) is 5.56 Å². The summed E-state index contributed by atoms with van der Waals surface area (Å²) >= 11 is 0. The molecule has 0 unspecified atom stereocenters. The molecule has 0 radical (unpaired) electrons. The molecule has 0 spiro atoms. The lowest BCUT2D eigenvalue weighted by atomic mass is 10.1. The molecule has 2 heterocycles. The van der Waals surface area contributed by atoms with Crippen LogP contribution in [0, 0.1) is 6.92 Å². The van der Waals surface area contributed by atoms with Gasteiger partial charge in [-0.1, -0.05) is 24.3 Å². The Bertz CT molecular complexity index is 794. The Balaban J connectivity index is 1.73. The number of carbonyl (C=O) groups excluding carboxylic acids is 1. The number of imidazole rings is 1. The van der Waals surface area contributed by atoms with E-state index in [1.807, 2.05) is 30.5 Å². The second kappa shape index (κ2) is 6.44. The zero-order valence-electron chi connectivity index (χ0n) is 13.2. The molecular weight excluding hydrogens is 288 g/mol. The molecule has 3 aromatic rings. The van der Waals surface area contributed by atoms with E-state index in [2.05, 4.69) is 23.0 Å². The van der Waals surface area contributed by atoms with Crippen molar-refractivity contribution in [2.45, 2.75) is 13.5 Å². The van der Waals surface area contributed by atoms with Gasteiger partial charge in [0.1, 0.15) is 12.1 Å². The number of benzene rings is 1. The van der Waals surface area contributed by atoms with Crippen LogP contribution >= 0.6 is 0 Å². The number of hydrogen-bond donors (Lipinski definition) is 0. The first kappa shape index (κ1) is 15.0. The molecule has 5 nitrogen and oxygen atoms in total. The molecule has 1 aromatic carbocycles. The highest BCUT2D eigenvalue weighted by molar-refractivity contribution is 5.93. The molecule has 0 saturated carbocycles. The monoisotopic (exact) mass is 306 g/mol. The summed E-state index contributed by atoms with van der Waals surface area (Å²) < 4.78 is 1.80. The van der Waals surface area contributed by atoms with E-state index < -0.39 is 0 Å². The van der Waals surface area contributed by atoms with Gasteiger partial charge in [0.05, 0.1) is 5.56 Å². The van der Waals surface area contributed by atoms with Gasteiger partial charge in [0.25, 0.3) is 5.91 Å². The number of nitrogens with zero attached hydrogens (tertiary/aromatic N) is 4. The molecule has 0 bridgehead atoms. The summed E-state index contributed by atoms with van der Waals surface area (Å²) in [6.45, 7) is 2.63. The van der Waals surface area contributed by atoms with Crippen molar-refractivity contribution < 1.29 is 4.79 Å². The molecule has 0 aliphatic carbocycles. The fraction of sp³-hybridized carbons (Fsp3) is 0.167. The molecule has 0 aliphatic heterocycles. The van der Waals surface area contributed by atoms with Crippen molar-refractivity contribution in [3.8, 4) is 5.82 Å². The normalized spacial score (nSPS) is 10.5. The second-order valence-electron chi connectivity index (χ2n) is 5.46. The van der Waals surface area contributed by atoms with Crippen molar-refractivity contribution in [3.05, 3.63) is 78.0 Å². The minimum atomic E-state index is -0.0436. The van der Waals surface area contributed by atoms with Crippen LogP contribution < -0.4 is 0 Å². The summed E-state index contributed by atoms with van der Waals surface area (Å²) in [7, 11) is 1.80. The number of hydrogen-bond acceptors (Lipinski definition) is 3. The summed E-state index contributed by atoms with van der Waals surface area (Å²) in [4.78, 5) is 22.5. The summed E-state index contributed by atoms with van der Waals surface area (Å²) in [6, 6.07) is 11.7. The highest BCUT2D eigenvalue weighted by Gasteiger charge is 2.13. The first-order valence-corrected chi connectivity index (χ1v) is 7.39. The lowest BCUT2D eigenvalue weighted by molar-refractivity contribution is 0.0784. The van der Waals surface area contributed by atoms with Gasteiger partial charge in [0, 0.05) is 32.2 Å². The Hall–Kier alpha value is -2.95. The maximum Gasteiger partial charge on any atom is 0.255 e. The van der Waals surface area contributed by atoms with E-state index in [4.69, 9.17) is 0 Å². The molecule has 116 valence electrons.